The fourth-order valence-corrected chi connectivity index (χ4v) is 2.96. The molecule has 0 aliphatic carbocycles. The first kappa shape index (κ1) is 16.6. The second kappa shape index (κ2) is 7.11. The van der Waals surface area contributed by atoms with Gasteiger partial charge in [0.1, 0.15) is 5.76 Å². The number of halogens is 2. The molecule has 2 N–H and O–H groups in total. The average molecular weight is 336 g/mol. The molecule has 0 unspecified atom stereocenters. The normalized spacial score (nSPS) is 21.1. The fraction of sp³-hybridized carbons (Fsp3) is 0.353. The van der Waals surface area contributed by atoms with Crippen LogP contribution in [0.25, 0.3) is 0 Å². The molecular formula is C17H18F2N2O3. The quantitative estimate of drug-likeness (QED) is 0.876. The smallest absolute Gasteiger partial charge is 0.234 e. The topological polar surface area (TPSA) is 65.7 Å². The van der Waals surface area contributed by atoms with E-state index in [-0.39, 0.29) is 25.0 Å². The van der Waals surface area contributed by atoms with Gasteiger partial charge in [-0.15, -0.1) is 0 Å². The number of hydrogen-bond donors (Lipinski definition) is 2. The molecule has 128 valence electrons. The number of likely N-dealkylation sites (tertiary alicyclic amines) is 1. The lowest BCUT2D eigenvalue weighted by atomic mass is 10.0. The van der Waals surface area contributed by atoms with Crippen LogP contribution in [0, 0.1) is 11.6 Å². The second-order valence-corrected chi connectivity index (χ2v) is 5.86. The number of nitrogens with zero attached hydrogens (tertiary/aromatic N) is 1. The number of carbonyl (C=O) groups excluding carboxylic acids is 1. The first-order valence-electron chi connectivity index (χ1n) is 7.69. The number of amides is 1. The maximum Gasteiger partial charge on any atom is 0.234 e. The maximum absolute atomic E-state index is 13.5. The Balaban J connectivity index is 1.64. The van der Waals surface area contributed by atoms with E-state index >= 15 is 0 Å². The van der Waals surface area contributed by atoms with Crippen LogP contribution in [0.5, 0.6) is 0 Å². The van der Waals surface area contributed by atoms with Crippen LogP contribution in [0.15, 0.2) is 41.0 Å². The molecule has 0 radical (unpaired) electrons. The predicted molar refractivity (Wildman–Crippen MR) is 81.9 cm³/mol. The molecule has 1 saturated heterocycles. The third kappa shape index (κ3) is 3.80. The molecule has 0 bridgehead atoms. The molecule has 0 saturated carbocycles. The maximum atomic E-state index is 13.5. The molecule has 1 aromatic carbocycles. The van der Waals surface area contributed by atoms with Crippen molar-refractivity contribution in [1.82, 2.24) is 10.2 Å². The molecule has 1 aromatic heterocycles. The van der Waals surface area contributed by atoms with E-state index in [0.717, 1.165) is 12.1 Å². The second-order valence-electron chi connectivity index (χ2n) is 5.86. The van der Waals surface area contributed by atoms with E-state index in [1.165, 1.54) is 12.3 Å². The molecule has 1 aliphatic rings. The van der Waals surface area contributed by atoms with Gasteiger partial charge in [-0.05, 0) is 36.2 Å². The third-order valence-electron chi connectivity index (χ3n) is 4.10. The Morgan fingerprint density at radius 3 is 2.88 bits per heavy atom. The van der Waals surface area contributed by atoms with E-state index in [2.05, 4.69) is 5.32 Å². The van der Waals surface area contributed by atoms with Gasteiger partial charge in [0.15, 0.2) is 11.6 Å². The molecule has 7 heteroatoms. The molecule has 2 aromatic rings. The molecule has 0 spiro atoms. The fourth-order valence-electron chi connectivity index (χ4n) is 2.96. The zero-order chi connectivity index (χ0) is 17.1. The summed E-state index contributed by atoms with van der Waals surface area (Å²) >= 11 is 0. The first-order chi connectivity index (χ1) is 11.5. The van der Waals surface area contributed by atoms with E-state index in [1.807, 2.05) is 0 Å². The molecule has 3 rings (SSSR count). The van der Waals surface area contributed by atoms with Gasteiger partial charge in [0.2, 0.25) is 5.91 Å². The van der Waals surface area contributed by atoms with Crippen molar-refractivity contribution in [2.75, 3.05) is 13.1 Å². The summed E-state index contributed by atoms with van der Waals surface area (Å²) in [6.07, 6.45) is 1.29. The van der Waals surface area contributed by atoms with Gasteiger partial charge in [0.05, 0.1) is 25.5 Å². The van der Waals surface area contributed by atoms with Crippen molar-refractivity contribution < 1.29 is 23.1 Å². The minimum absolute atomic E-state index is 0.0570. The number of aliphatic hydroxyl groups is 1. The number of carbonyl (C=O) groups is 1. The standard InChI is InChI=1S/C17H18F2N2O3/c18-14-4-3-11(6-15(14)19)16-7-12(22)9-21(16)10-17(23)20-8-13-2-1-5-24-13/h1-6,12,16,22H,7-10H2,(H,20,23)/t12-,16-/m0/s1. The largest absolute Gasteiger partial charge is 0.467 e. The molecule has 1 fully saturated rings. The van der Waals surface area contributed by atoms with Gasteiger partial charge in [-0.25, -0.2) is 8.78 Å². The molecular weight excluding hydrogens is 318 g/mol. The number of rotatable bonds is 5. The van der Waals surface area contributed by atoms with E-state index in [9.17, 15) is 18.7 Å². The number of β-amino-alcohol motifs (C(OH)–C–C–N with tert-alkyl or cyclic N) is 1. The minimum atomic E-state index is -0.934. The summed E-state index contributed by atoms with van der Waals surface area (Å²) < 4.78 is 31.7. The molecule has 24 heavy (non-hydrogen) atoms. The van der Waals surface area contributed by atoms with Gasteiger partial charge in [0, 0.05) is 12.6 Å². The summed E-state index contributed by atoms with van der Waals surface area (Å²) in [7, 11) is 0. The summed E-state index contributed by atoms with van der Waals surface area (Å²) in [6, 6.07) is 6.82. The minimum Gasteiger partial charge on any atom is -0.467 e. The zero-order valence-corrected chi connectivity index (χ0v) is 12.9. The van der Waals surface area contributed by atoms with Crippen molar-refractivity contribution in [2.45, 2.75) is 25.1 Å². The van der Waals surface area contributed by atoms with Crippen LogP contribution >= 0.6 is 0 Å². The molecule has 1 amide bonds. The van der Waals surface area contributed by atoms with Gasteiger partial charge in [-0.1, -0.05) is 6.07 Å². The van der Waals surface area contributed by atoms with E-state index in [4.69, 9.17) is 4.42 Å². The Kier molecular flexibility index (Phi) is 4.92. The Morgan fingerprint density at radius 1 is 1.33 bits per heavy atom. The lowest BCUT2D eigenvalue weighted by Gasteiger charge is -2.23. The van der Waals surface area contributed by atoms with Gasteiger partial charge < -0.3 is 14.8 Å². The first-order valence-corrected chi connectivity index (χ1v) is 7.69. The van der Waals surface area contributed by atoms with Crippen molar-refractivity contribution in [3.8, 4) is 0 Å². The Hall–Kier alpha value is -2.25. The van der Waals surface area contributed by atoms with Crippen molar-refractivity contribution in [1.29, 1.82) is 0 Å². The Morgan fingerprint density at radius 2 is 2.17 bits per heavy atom. The van der Waals surface area contributed by atoms with Gasteiger partial charge in [-0.2, -0.15) is 0 Å². The molecule has 5 nitrogen and oxygen atoms in total. The number of furan rings is 1. The van der Waals surface area contributed by atoms with Crippen LogP contribution in [-0.4, -0.2) is 35.1 Å². The van der Waals surface area contributed by atoms with Gasteiger partial charge in [0.25, 0.3) is 0 Å². The van der Waals surface area contributed by atoms with Crippen LogP contribution in [0.4, 0.5) is 8.78 Å². The Bertz CT molecular complexity index is 706. The Labute approximate surface area is 137 Å². The van der Waals surface area contributed by atoms with E-state index in [1.54, 1.807) is 17.0 Å². The number of nitrogens with one attached hydrogen (secondary N) is 1. The number of hydrogen-bond acceptors (Lipinski definition) is 4. The number of aliphatic hydroxyl groups excluding tert-OH is 1. The van der Waals surface area contributed by atoms with Crippen LogP contribution in [-0.2, 0) is 11.3 Å². The molecule has 2 atom stereocenters. The lowest BCUT2D eigenvalue weighted by molar-refractivity contribution is -0.122. The van der Waals surface area contributed by atoms with Crippen LogP contribution in [0.3, 0.4) is 0 Å². The summed E-state index contributed by atoms with van der Waals surface area (Å²) in [5.74, 6) is -1.44. The summed E-state index contributed by atoms with van der Waals surface area (Å²) in [5.41, 5.74) is 0.546. The van der Waals surface area contributed by atoms with Crippen LogP contribution < -0.4 is 5.32 Å². The zero-order valence-electron chi connectivity index (χ0n) is 12.9. The summed E-state index contributed by atoms with van der Waals surface area (Å²) in [4.78, 5) is 13.8. The highest BCUT2D eigenvalue weighted by Gasteiger charge is 2.33. The third-order valence-corrected chi connectivity index (χ3v) is 4.10. The van der Waals surface area contributed by atoms with Crippen molar-refractivity contribution in [3.63, 3.8) is 0 Å². The SMILES string of the molecule is O=C(CN1C[C@@H](O)C[C@H]1c1ccc(F)c(F)c1)NCc1ccco1. The van der Waals surface area contributed by atoms with Crippen molar-refractivity contribution >= 4 is 5.91 Å². The van der Waals surface area contributed by atoms with E-state index in [0.29, 0.717) is 24.3 Å². The summed E-state index contributed by atoms with van der Waals surface area (Å²) in [6.45, 7) is 0.636. The van der Waals surface area contributed by atoms with Crippen molar-refractivity contribution in [2.24, 2.45) is 0 Å². The summed E-state index contributed by atoms with van der Waals surface area (Å²) in [5, 5.41) is 12.6. The highest BCUT2D eigenvalue weighted by atomic mass is 19.2. The molecule has 2 heterocycles. The van der Waals surface area contributed by atoms with Crippen LogP contribution in [0.2, 0.25) is 0 Å². The number of benzene rings is 1. The predicted octanol–water partition coefficient (Wildman–Crippen LogP) is 1.98. The highest BCUT2D eigenvalue weighted by Crippen LogP contribution is 2.32. The average Bonchev–Trinajstić information content (AvgIpc) is 3.18. The lowest BCUT2D eigenvalue weighted by Crippen LogP contribution is -2.37. The molecule has 1 aliphatic heterocycles. The van der Waals surface area contributed by atoms with Crippen molar-refractivity contribution in [3.05, 3.63) is 59.6 Å². The van der Waals surface area contributed by atoms with Crippen LogP contribution in [0.1, 0.15) is 23.8 Å². The van der Waals surface area contributed by atoms with E-state index < -0.39 is 17.7 Å². The monoisotopic (exact) mass is 336 g/mol. The van der Waals surface area contributed by atoms with Gasteiger partial charge in [-0.3, -0.25) is 9.69 Å². The van der Waals surface area contributed by atoms with Gasteiger partial charge >= 0.3 is 0 Å². The highest BCUT2D eigenvalue weighted by molar-refractivity contribution is 5.78.